The van der Waals surface area contributed by atoms with Crippen LogP contribution in [0.3, 0.4) is 0 Å². The highest BCUT2D eigenvalue weighted by molar-refractivity contribution is 7.25. The summed E-state index contributed by atoms with van der Waals surface area (Å²) in [5, 5.41) is 2.59. The van der Waals surface area contributed by atoms with Crippen molar-refractivity contribution in [1.82, 2.24) is 0 Å². The van der Waals surface area contributed by atoms with Gasteiger partial charge in [0, 0.05) is 37.1 Å². The molecule has 0 atom stereocenters. The Balaban J connectivity index is 1.13. The molecular weight excluding hydrogens is 779 g/mol. The van der Waals surface area contributed by atoms with Crippen LogP contribution in [0.1, 0.15) is 22.3 Å². The van der Waals surface area contributed by atoms with E-state index in [2.05, 4.69) is 254 Å². The van der Waals surface area contributed by atoms with E-state index >= 15 is 0 Å². The summed E-state index contributed by atoms with van der Waals surface area (Å²) in [5.74, 6) is 0. The first kappa shape index (κ1) is 37.0. The van der Waals surface area contributed by atoms with Crippen molar-refractivity contribution >= 4 is 48.6 Å². The lowest BCUT2D eigenvalue weighted by Gasteiger charge is -2.35. The first-order valence-corrected chi connectivity index (χ1v) is 22.5. The third kappa shape index (κ3) is 6.06. The molecule has 0 saturated heterocycles. The highest BCUT2D eigenvalue weighted by Gasteiger charge is 2.47. The number of anilines is 3. The first-order chi connectivity index (χ1) is 31.3. The van der Waals surface area contributed by atoms with E-state index < -0.39 is 5.41 Å². The van der Waals surface area contributed by atoms with Crippen LogP contribution in [0, 0.1) is 0 Å². The van der Waals surface area contributed by atoms with Gasteiger partial charge in [-0.25, -0.2) is 0 Å². The molecule has 296 valence electrons. The second-order valence-corrected chi connectivity index (χ2v) is 17.5. The summed E-state index contributed by atoms with van der Waals surface area (Å²) >= 11 is 1.87. The van der Waals surface area contributed by atoms with Crippen LogP contribution in [0.4, 0.5) is 17.1 Å². The minimum atomic E-state index is -0.555. The number of thiophene rings is 1. The molecule has 0 saturated carbocycles. The minimum Gasteiger partial charge on any atom is -0.310 e. The van der Waals surface area contributed by atoms with Crippen LogP contribution in [0.15, 0.2) is 249 Å². The number of hydrogen-bond acceptors (Lipinski definition) is 2. The van der Waals surface area contributed by atoms with E-state index in [0.29, 0.717) is 0 Å². The summed E-state index contributed by atoms with van der Waals surface area (Å²) in [6.07, 6.45) is 0. The molecule has 0 aliphatic heterocycles. The molecule has 1 aromatic heterocycles. The van der Waals surface area contributed by atoms with Gasteiger partial charge in [0.25, 0.3) is 0 Å². The van der Waals surface area contributed by atoms with E-state index in [9.17, 15) is 0 Å². The summed E-state index contributed by atoms with van der Waals surface area (Å²) < 4.78 is 2.59. The molecule has 10 aromatic carbocycles. The van der Waals surface area contributed by atoms with Gasteiger partial charge in [0.2, 0.25) is 0 Å². The maximum Gasteiger partial charge on any atom is 0.0714 e. The summed E-state index contributed by atoms with van der Waals surface area (Å²) in [5.41, 5.74) is 17.6. The van der Waals surface area contributed by atoms with Crippen LogP contribution in [0.2, 0.25) is 0 Å². The maximum absolute atomic E-state index is 2.53. The lowest BCUT2D eigenvalue weighted by molar-refractivity contribution is 0.768. The van der Waals surface area contributed by atoms with Gasteiger partial charge >= 0.3 is 0 Å². The van der Waals surface area contributed by atoms with E-state index in [0.717, 1.165) is 17.1 Å². The molecule has 0 N–H and O–H groups in total. The third-order valence-electron chi connectivity index (χ3n) is 13.0. The Labute approximate surface area is 372 Å². The summed E-state index contributed by atoms with van der Waals surface area (Å²) in [7, 11) is 0. The fourth-order valence-corrected chi connectivity index (χ4v) is 11.3. The van der Waals surface area contributed by atoms with E-state index in [1.807, 2.05) is 11.3 Å². The lowest BCUT2D eigenvalue weighted by atomic mass is 9.67. The average Bonchev–Trinajstić information content (AvgIpc) is 3.89. The molecule has 1 heterocycles. The molecule has 0 amide bonds. The topological polar surface area (TPSA) is 3.24 Å². The van der Waals surface area contributed by atoms with Crippen molar-refractivity contribution in [3.05, 3.63) is 271 Å². The fourth-order valence-electron chi connectivity index (χ4n) is 10.2. The van der Waals surface area contributed by atoms with Crippen molar-refractivity contribution in [3.8, 4) is 44.5 Å². The standard InChI is InChI=1S/C61H41NS/c1-5-18-42(19-6-1)43-32-34-44(35-33-43)45-36-38-49(39-37-45)62(48-24-11-4-12-25-48)57-41-56-53(40-54(57)51-28-17-31-59-60(51)52-27-14-16-30-58(52)63-59)50-26-13-15-29-55(50)61(56,46-20-7-2-8-21-46)47-22-9-3-10-23-47/h1-41H. The van der Waals surface area contributed by atoms with Gasteiger partial charge in [0.15, 0.2) is 0 Å². The minimum absolute atomic E-state index is 0.555. The van der Waals surface area contributed by atoms with Gasteiger partial charge in [0.1, 0.15) is 0 Å². The van der Waals surface area contributed by atoms with Crippen LogP contribution in [-0.4, -0.2) is 0 Å². The predicted octanol–water partition coefficient (Wildman–Crippen LogP) is 16.9. The van der Waals surface area contributed by atoms with Crippen molar-refractivity contribution in [2.45, 2.75) is 5.41 Å². The first-order valence-electron chi connectivity index (χ1n) is 21.7. The van der Waals surface area contributed by atoms with E-state index in [-0.39, 0.29) is 0 Å². The summed E-state index contributed by atoms with van der Waals surface area (Å²) in [4.78, 5) is 2.48. The van der Waals surface area contributed by atoms with Crippen LogP contribution >= 0.6 is 11.3 Å². The van der Waals surface area contributed by atoms with Gasteiger partial charge in [-0.1, -0.05) is 200 Å². The van der Waals surface area contributed by atoms with Crippen molar-refractivity contribution < 1.29 is 0 Å². The summed E-state index contributed by atoms with van der Waals surface area (Å²) in [6, 6.07) is 91.6. The smallest absolute Gasteiger partial charge is 0.0714 e. The predicted molar refractivity (Wildman–Crippen MR) is 268 cm³/mol. The van der Waals surface area contributed by atoms with E-state index in [1.165, 1.54) is 86.9 Å². The van der Waals surface area contributed by atoms with Crippen LogP contribution < -0.4 is 4.90 Å². The molecule has 0 spiro atoms. The normalized spacial score (nSPS) is 12.6. The Kier molecular flexibility index (Phi) is 8.98. The van der Waals surface area contributed by atoms with Crippen molar-refractivity contribution in [3.63, 3.8) is 0 Å². The van der Waals surface area contributed by atoms with Crippen LogP contribution in [0.25, 0.3) is 64.7 Å². The second-order valence-electron chi connectivity index (χ2n) is 16.4. The molecule has 0 radical (unpaired) electrons. The Bertz CT molecular complexity index is 3370. The van der Waals surface area contributed by atoms with Crippen LogP contribution in [-0.2, 0) is 5.41 Å². The van der Waals surface area contributed by atoms with Gasteiger partial charge in [-0.05, 0) is 110 Å². The van der Waals surface area contributed by atoms with E-state index in [4.69, 9.17) is 0 Å². The molecule has 2 heteroatoms. The Morgan fingerprint density at radius 3 is 1.48 bits per heavy atom. The molecule has 1 aliphatic carbocycles. The fraction of sp³-hybridized carbons (Fsp3) is 0.0164. The third-order valence-corrected chi connectivity index (χ3v) is 14.1. The molecule has 11 aromatic rings. The van der Waals surface area contributed by atoms with Crippen molar-refractivity contribution in [2.24, 2.45) is 0 Å². The van der Waals surface area contributed by atoms with Gasteiger partial charge in [-0.2, -0.15) is 0 Å². The van der Waals surface area contributed by atoms with Gasteiger partial charge < -0.3 is 4.90 Å². The monoisotopic (exact) mass is 819 g/mol. The number of fused-ring (bicyclic) bond motifs is 6. The number of nitrogens with zero attached hydrogens (tertiary/aromatic N) is 1. The number of benzene rings is 10. The number of hydrogen-bond donors (Lipinski definition) is 0. The second kappa shape index (κ2) is 15.3. The molecule has 63 heavy (non-hydrogen) atoms. The quantitative estimate of drug-likeness (QED) is 0.148. The molecular formula is C61H41NS. The SMILES string of the molecule is c1ccc(-c2ccc(-c3ccc(N(c4ccccc4)c4cc5c(cc4-c4cccc6sc7ccccc7c46)-c4ccccc4C5(c4ccccc4)c4ccccc4)cc3)cc2)cc1. The molecule has 1 nitrogen and oxygen atoms in total. The summed E-state index contributed by atoms with van der Waals surface area (Å²) in [6.45, 7) is 0. The zero-order valence-electron chi connectivity index (χ0n) is 34.5. The molecule has 1 aliphatic rings. The molecule has 0 fully saturated rings. The highest BCUT2D eigenvalue weighted by Crippen LogP contribution is 2.59. The Hall–Kier alpha value is -7.78. The Morgan fingerprint density at radius 2 is 0.810 bits per heavy atom. The Morgan fingerprint density at radius 1 is 0.317 bits per heavy atom. The van der Waals surface area contributed by atoms with Crippen LogP contribution in [0.5, 0.6) is 0 Å². The van der Waals surface area contributed by atoms with Crippen molar-refractivity contribution in [1.29, 1.82) is 0 Å². The highest BCUT2D eigenvalue weighted by atomic mass is 32.1. The number of rotatable bonds is 8. The average molecular weight is 820 g/mol. The van der Waals surface area contributed by atoms with Crippen molar-refractivity contribution in [2.75, 3.05) is 4.90 Å². The maximum atomic E-state index is 2.53. The molecule has 12 rings (SSSR count). The zero-order valence-corrected chi connectivity index (χ0v) is 35.3. The number of para-hydroxylation sites is 1. The van der Waals surface area contributed by atoms with E-state index in [1.54, 1.807) is 0 Å². The lowest BCUT2D eigenvalue weighted by Crippen LogP contribution is -2.28. The van der Waals surface area contributed by atoms with Gasteiger partial charge in [0.05, 0.1) is 11.1 Å². The van der Waals surface area contributed by atoms with Gasteiger partial charge in [-0.3, -0.25) is 0 Å². The molecule has 0 bridgehead atoms. The zero-order chi connectivity index (χ0) is 41.7. The van der Waals surface area contributed by atoms with Gasteiger partial charge in [-0.15, -0.1) is 11.3 Å². The largest absolute Gasteiger partial charge is 0.310 e. The molecule has 0 unspecified atom stereocenters.